The Morgan fingerprint density at radius 1 is 1.36 bits per heavy atom. The summed E-state index contributed by atoms with van der Waals surface area (Å²) in [5.41, 5.74) is 0.761. The molecule has 1 fully saturated rings. The first kappa shape index (κ1) is 16.9. The summed E-state index contributed by atoms with van der Waals surface area (Å²) in [6, 6.07) is -0.513. The van der Waals surface area contributed by atoms with Gasteiger partial charge in [0.15, 0.2) is 0 Å². The average molecular weight is 323 g/mol. The number of nitrogens with zero attached hydrogens (tertiary/aromatic N) is 1. The monoisotopic (exact) mass is 323 g/mol. The second-order valence-electron chi connectivity index (χ2n) is 6.26. The van der Waals surface area contributed by atoms with Gasteiger partial charge < -0.3 is 10.6 Å². The number of thiazole rings is 1. The van der Waals surface area contributed by atoms with Gasteiger partial charge in [0.05, 0.1) is 10.7 Å². The van der Waals surface area contributed by atoms with Gasteiger partial charge >= 0.3 is 0 Å². The van der Waals surface area contributed by atoms with Gasteiger partial charge in [-0.2, -0.15) is 0 Å². The fraction of sp³-hybridized carbons (Fsp3) is 0.688. The Bertz CT molecular complexity index is 550. The Hall–Kier alpha value is -1.43. The highest BCUT2D eigenvalue weighted by atomic mass is 32.1. The van der Waals surface area contributed by atoms with Crippen molar-refractivity contribution in [3.63, 3.8) is 0 Å². The van der Waals surface area contributed by atoms with Crippen LogP contribution < -0.4 is 10.6 Å². The number of amides is 2. The molecule has 1 heterocycles. The van der Waals surface area contributed by atoms with Crippen LogP contribution in [-0.2, 0) is 11.2 Å². The maximum atomic E-state index is 12.5. The van der Waals surface area contributed by atoms with E-state index in [2.05, 4.69) is 15.6 Å². The van der Waals surface area contributed by atoms with Crippen molar-refractivity contribution in [3.8, 4) is 0 Å². The van der Waals surface area contributed by atoms with Crippen LogP contribution >= 0.6 is 11.3 Å². The molecule has 5 nitrogen and oxygen atoms in total. The molecule has 122 valence electrons. The van der Waals surface area contributed by atoms with Crippen molar-refractivity contribution in [2.75, 3.05) is 6.54 Å². The summed E-state index contributed by atoms with van der Waals surface area (Å²) in [5.74, 6) is 0.461. The first-order chi connectivity index (χ1) is 10.4. The molecule has 1 aromatic heterocycles. The topological polar surface area (TPSA) is 71.1 Å². The third-order valence-corrected chi connectivity index (χ3v) is 4.97. The number of rotatable bonds is 7. The van der Waals surface area contributed by atoms with Crippen LogP contribution in [0.5, 0.6) is 0 Å². The molecule has 0 aromatic carbocycles. The SMILES string of the molecule is CCNC(=O)[C@@H](NC(=O)c1sc(CC2CC2)nc1C)C(C)C. The number of nitrogens with one attached hydrogen (secondary N) is 2. The van der Waals surface area contributed by atoms with E-state index in [1.54, 1.807) is 0 Å². The molecule has 2 rings (SSSR count). The van der Waals surface area contributed by atoms with Gasteiger partial charge in [0.1, 0.15) is 10.9 Å². The lowest BCUT2D eigenvalue weighted by Crippen LogP contribution is -2.49. The van der Waals surface area contributed by atoms with E-state index < -0.39 is 6.04 Å². The molecule has 1 aromatic rings. The fourth-order valence-electron chi connectivity index (χ4n) is 2.35. The molecule has 2 N–H and O–H groups in total. The van der Waals surface area contributed by atoms with E-state index in [-0.39, 0.29) is 17.7 Å². The lowest BCUT2D eigenvalue weighted by atomic mass is 10.0. The van der Waals surface area contributed by atoms with Gasteiger partial charge in [-0.15, -0.1) is 11.3 Å². The van der Waals surface area contributed by atoms with Crippen LogP contribution in [0.1, 0.15) is 54.0 Å². The summed E-state index contributed by atoms with van der Waals surface area (Å²) >= 11 is 1.46. The predicted octanol–water partition coefficient (Wildman–Crippen LogP) is 2.29. The molecule has 0 unspecified atom stereocenters. The third kappa shape index (κ3) is 4.29. The molecule has 2 amide bonds. The van der Waals surface area contributed by atoms with Crippen LogP contribution in [0.3, 0.4) is 0 Å². The zero-order chi connectivity index (χ0) is 16.3. The van der Waals surface area contributed by atoms with Gasteiger partial charge in [0, 0.05) is 13.0 Å². The van der Waals surface area contributed by atoms with Crippen molar-refractivity contribution in [1.82, 2.24) is 15.6 Å². The van der Waals surface area contributed by atoms with Gasteiger partial charge in [-0.1, -0.05) is 13.8 Å². The summed E-state index contributed by atoms with van der Waals surface area (Å²) in [6.45, 7) is 8.15. The first-order valence-corrected chi connectivity index (χ1v) is 8.78. The summed E-state index contributed by atoms with van der Waals surface area (Å²) < 4.78 is 0. The summed E-state index contributed by atoms with van der Waals surface area (Å²) in [4.78, 5) is 29.7. The molecule has 0 saturated heterocycles. The molecular formula is C16H25N3O2S. The first-order valence-electron chi connectivity index (χ1n) is 7.97. The number of aryl methyl sites for hydroxylation is 1. The smallest absolute Gasteiger partial charge is 0.263 e. The third-order valence-electron chi connectivity index (χ3n) is 3.79. The number of aromatic nitrogens is 1. The van der Waals surface area contributed by atoms with Crippen molar-refractivity contribution in [3.05, 3.63) is 15.6 Å². The van der Waals surface area contributed by atoms with Crippen molar-refractivity contribution >= 4 is 23.2 Å². The number of carbonyl (C=O) groups excluding carboxylic acids is 2. The highest BCUT2D eigenvalue weighted by molar-refractivity contribution is 7.13. The van der Waals surface area contributed by atoms with E-state index in [0.29, 0.717) is 11.4 Å². The van der Waals surface area contributed by atoms with E-state index >= 15 is 0 Å². The minimum absolute atomic E-state index is 0.0367. The Labute approximate surface area is 135 Å². The maximum Gasteiger partial charge on any atom is 0.263 e. The summed E-state index contributed by atoms with van der Waals surface area (Å²) in [6.07, 6.45) is 3.52. The maximum absolute atomic E-state index is 12.5. The van der Waals surface area contributed by atoms with E-state index in [9.17, 15) is 9.59 Å². The molecule has 22 heavy (non-hydrogen) atoms. The van der Waals surface area contributed by atoms with Crippen LogP contribution in [-0.4, -0.2) is 29.4 Å². The highest BCUT2D eigenvalue weighted by Crippen LogP contribution is 2.34. The lowest BCUT2D eigenvalue weighted by molar-refractivity contribution is -0.123. The van der Waals surface area contributed by atoms with E-state index in [1.165, 1.54) is 24.2 Å². The molecule has 1 saturated carbocycles. The normalized spacial score (nSPS) is 15.7. The quantitative estimate of drug-likeness (QED) is 0.809. The molecule has 0 aliphatic heterocycles. The van der Waals surface area contributed by atoms with Gasteiger partial charge in [-0.25, -0.2) is 4.98 Å². The number of carbonyl (C=O) groups is 2. The summed E-state index contributed by atoms with van der Waals surface area (Å²) in [7, 11) is 0. The zero-order valence-corrected chi connectivity index (χ0v) is 14.5. The highest BCUT2D eigenvalue weighted by Gasteiger charge is 2.27. The van der Waals surface area contributed by atoms with Crippen LogP contribution in [0.4, 0.5) is 0 Å². The predicted molar refractivity (Wildman–Crippen MR) is 88.1 cm³/mol. The molecule has 1 atom stereocenters. The second-order valence-corrected chi connectivity index (χ2v) is 7.34. The molecule has 1 aliphatic rings. The van der Waals surface area contributed by atoms with Crippen LogP contribution in [0, 0.1) is 18.8 Å². The largest absolute Gasteiger partial charge is 0.355 e. The molecule has 0 bridgehead atoms. The van der Waals surface area contributed by atoms with E-state index in [0.717, 1.165) is 23.0 Å². The number of hydrogen-bond donors (Lipinski definition) is 2. The van der Waals surface area contributed by atoms with Crippen LogP contribution in [0.15, 0.2) is 0 Å². The zero-order valence-electron chi connectivity index (χ0n) is 13.7. The van der Waals surface area contributed by atoms with Gasteiger partial charge in [0.25, 0.3) is 5.91 Å². The molecular weight excluding hydrogens is 298 g/mol. The van der Waals surface area contributed by atoms with Crippen molar-refractivity contribution < 1.29 is 9.59 Å². The van der Waals surface area contributed by atoms with Gasteiger partial charge in [0.2, 0.25) is 5.91 Å². The Morgan fingerprint density at radius 3 is 2.59 bits per heavy atom. The second kappa shape index (κ2) is 7.22. The van der Waals surface area contributed by atoms with E-state index in [4.69, 9.17) is 0 Å². The summed E-state index contributed by atoms with van der Waals surface area (Å²) in [5, 5.41) is 6.66. The van der Waals surface area contributed by atoms with Crippen molar-refractivity contribution in [2.45, 2.75) is 53.0 Å². The lowest BCUT2D eigenvalue weighted by Gasteiger charge is -2.21. The number of likely N-dealkylation sites (N-methyl/N-ethyl adjacent to an activating group) is 1. The van der Waals surface area contributed by atoms with Gasteiger partial charge in [-0.3, -0.25) is 9.59 Å². The van der Waals surface area contributed by atoms with Crippen molar-refractivity contribution in [1.29, 1.82) is 0 Å². The van der Waals surface area contributed by atoms with E-state index in [1.807, 2.05) is 27.7 Å². The van der Waals surface area contributed by atoms with Crippen LogP contribution in [0.25, 0.3) is 0 Å². The Morgan fingerprint density at radius 2 is 2.05 bits per heavy atom. The Balaban J connectivity index is 2.05. The molecule has 0 radical (unpaired) electrons. The standard InChI is InChI=1S/C16H25N3O2S/c1-5-17-15(20)13(9(2)3)19-16(21)14-10(4)18-12(22-14)8-11-6-7-11/h9,11,13H,5-8H2,1-4H3,(H,17,20)(H,19,21)/t13-/m0/s1. The molecule has 1 aliphatic carbocycles. The minimum Gasteiger partial charge on any atom is -0.355 e. The fourth-order valence-corrected chi connectivity index (χ4v) is 3.43. The molecule has 0 spiro atoms. The Kier molecular flexibility index (Phi) is 5.56. The number of hydrogen-bond acceptors (Lipinski definition) is 4. The molecule has 6 heteroatoms. The van der Waals surface area contributed by atoms with Crippen molar-refractivity contribution in [2.24, 2.45) is 11.8 Å². The average Bonchev–Trinajstić information content (AvgIpc) is 3.17. The van der Waals surface area contributed by atoms with Gasteiger partial charge in [-0.05, 0) is 38.5 Å². The minimum atomic E-state index is -0.513. The van der Waals surface area contributed by atoms with Crippen LogP contribution in [0.2, 0.25) is 0 Å².